The molecule has 1 unspecified atom stereocenters. The number of fused-ring (bicyclic) bond motifs is 2. The number of aliphatic hydroxyl groups excluding tert-OH is 1. The molecule has 5 rings (SSSR count). The second-order valence-corrected chi connectivity index (χ2v) is 9.04. The van der Waals surface area contributed by atoms with Crippen molar-refractivity contribution in [2.45, 2.75) is 32.5 Å². The molecule has 2 aliphatic heterocycles. The summed E-state index contributed by atoms with van der Waals surface area (Å²) in [5, 5.41) is 9.51. The number of aliphatic hydroxyl groups is 1. The molecule has 6 nitrogen and oxygen atoms in total. The molecule has 1 N–H and O–H groups in total. The minimum Gasteiger partial charge on any atom is -0.492 e. The van der Waals surface area contributed by atoms with E-state index in [1.807, 2.05) is 0 Å². The molecule has 2 aromatic carbocycles. The average Bonchev–Trinajstić information content (AvgIpc) is 3.14. The van der Waals surface area contributed by atoms with Crippen LogP contribution in [0.5, 0.6) is 5.75 Å². The smallest absolute Gasteiger partial charge is 0.123 e. The Morgan fingerprint density at radius 3 is 2.77 bits per heavy atom. The summed E-state index contributed by atoms with van der Waals surface area (Å²) in [6.07, 6.45) is 2.31. The van der Waals surface area contributed by atoms with Crippen molar-refractivity contribution in [2.75, 3.05) is 32.8 Å². The molecule has 1 fully saturated rings. The number of rotatable bonds is 5. The molecule has 3 heterocycles. The summed E-state index contributed by atoms with van der Waals surface area (Å²) in [6.45, 7) is 6.72. The number of aromatic nitrogens is 2. The van der Waals surface area contributed by atoms with Gasteiger partial charge in [0.2, 0.25) is 0 Å². The zero-order valence-electron chi connectivity index (χ0n) is 17.2. The Labute approximate surface area is 181 Å². The Hall–Kier alpha value is -2.06. The maximum atomic E-state index is 9.51. The van der Waals surface area contributed by atoms with Crippen LogP contribution in [0.4, 0.5) is 0 Å². The van der Waals surface area contributed by atoms with Gasteiger partial charge in [-0.15, -0.1) is 0 Å². The van der Waals surface area contributed by atoms with Gasteiger partial charge < -0.3 is 9.84 Å². The van der Waals surface area contributed by atoms with Crippen LogP contribution in [0, 0.1) is 5.92 Å². The molecular weight excluding hydrogens is 396 g/mol. The first-order valence-electron chi connectivity index (χ1n) is 10.8. The lowest BCUT2D eigenvalue weighted by atomic mass is 9.98. The van der Waals surface area contributed by atoms with Crippen LogP contribution >= 0.6 is 11.7 Å². The van der Waals surface area contributed by atoms with E-state index in [4.69, 9.17) is 4.74 Å². The summed E-state index contributed by atoms with van der Waals surface area (Å²) in [5.41, 5.74) is 5.80. The zero-order chi connectivity index (χ0) is 20.3. The van der Waals surface area contributed by atoms with Gasteiger partial charge in [0.15, 0.2) is 0 Å². The SMILES string of the molecule is OCC1CCCN(Cc2ccc3c(c2)CN(Cc2ccc4nsnc4c2)CCO3)C1. The van der Waals surface area contributed by atoms with E-state index in [9.17, 15) is 5.11 Å². The van der Waals surface area contributed by atoms with Crippen LogP contribution in [-0.4, -0.2) is 56.5 Å². The van der Waals surface area contributed by atoms with Gasteiger partial charge in [0.25, 0.3) is 0 Å². The summed E-state index contributed by atoms with van der Waals surface area (Å²) < 4.78 is 14.7. The van der Waals surface area contributed by atoms with Crippen molar-refractivity contribution in [3.05, 3.63) is 53.1 Å². The molecule has 1 aromatic heterocycles. The van der Waals surface area contributed by atoms with E-state index in [1.54, 1.807) is 0 Å². The Morgan fingerprint density at radius 2 is 1.83 bits per heavy atom. The van der Waals surface area contributed by atoms with Crippen LogP contribution in [0.1, 0.15) is 29.5 Å². The number of likely N-dealkylation sites (tertiary alicyclic amines) is 1. The number of ether oxygens (including phenoxy) is 1. The molecule has 0 saturated carbocycles. The van der Waals surface area contributed by atoms with E-state index in [0.29, 0.717) is 19.1 Å². The summed E-state index contributed by atoms with van der Waals surface area (Å²) in [6, 6.07) is 13.0. The lowest BCUT2D eigenvalue weighted by Gasteiger charge is -2.32. The van der Waals surface area contributed by atoms with Crippen molar-refractivity contribution in [1.29, 1.82) is 0 Å². The molecule has 1 saturated heterocycles. The van der Waals surface area contributed by atoms with Crippen LogP contribution < -0.4 is 4.74 Å². The summed E-state index contributed by atoms with van der Waals surface area (Å²) >= 11 is 1.27. The van der Waals surface area contributed by atoms with Gasteiger partial charge in [0.05, 0.1) is 11.7 Å². The first-order valence-corrected chi connectivity index (χ1v) is 11.5. The molecule has 0 amide bonds. The maximum Gasteiger partial charge on any atom is 0.123 e. The molecule has 158 valence electrons. The van der Waals surface area contributed by atoms with Crippen LogP contribution in [0.3, 0.4) is 0 Å². The van der Waals surface area contributed by atoms with Crippen molar-refractivity contribution < 1.29 is 9.84 Å². The Bertz CT molecular complexity index is 1010. The second-order valence-electron chi connectivity index (χ2n) is 8.51. The van der Waals surface area contributed by atoms with Crippen LogP contribution in [0.25, 0.3) is 11.0 Å². The van der Waals surface area contributed by atoms with Crippen LogP contribution in [0.15, 0.2) is 36.4 Å². The fourth-order valence-corrected chi connectivity index (χ4v) is 5.14. The topological polar surface area (TPSA) is 61.7 Å². The monoisotopic (exact) mass is 424 g/mol. The third-order valence-electron chi connectivity index (χ3n) is 6.18. The minimum atomic E-state index is 0.298. The quantitative estimate of drug-likeness (QED) is 0.678. The van der Waals surface area contributed by atoms with Gasteiger partial charge in [0, 0.05) is 44.9 Å². The lowest BCUT2D eigenvalue weighted by molar-refractivity contribution is 0.116. The van der Waals surface area contributed by atoms with E-state index in [2.05, 4.69) is 54.9 Å². The summed E-state index contributed by atoms with van der Waals surface area (Å²) in [7, 11) is 0. The molecule has 7 heteroatoms. The number of piperidine rings is 1. The average molecular weight is 425 g/mol. The fraction of sp³-hybridized carbons (Fsp3) is 0.478. The highest BCUT2D eigenvalue weighted by atomic mass is 32.1. The van der Waals surface area contributed by atoms with Crippen molar-refractivity contribution in [1.82, 2.24) is 18.5 Å². The van der Waals surface area contributed by atoms with Gasteiger partial charge in [-0.25, -0.2) is 0 Å². The first-order chi connectivity index (χ1) is 14.8. The van der Waals surface area contributed by atoms with Gasteiger partial charge in [-0.3, -0.25) is 9.80 Å². The third kappa shape index (κ3) is 4.49. The lowest BCUT2D eigenvalue weighted by Crippen LogP contribution is -2.36. The number of hydrogen-bond donors (Lipinski definition) is 1. The molecule has 0 spiro atoms. The highest BCUT2D eigenvalue weighted by Crippen LogP contribution is 2.27. The predicted octanol–water partition coefficient (Wildman–Crippen LogP) is 3.29. The van der Waals surface area contributed by atoms with Crippen molar-refractivity contribution >= 4 is 22.8 Å². The molecule has 0 bridgehead atoms. The van der Waals surface area contributed by atoms with Crippen LogP contribution in [0.2, 0.25) is 0 Å². The minimum absolute atomic E-state index is 0.298. The standard InChI is InChI=1S/C23H28N4O2S/c28-16-19-2-1-7-26(14-19)12-17-4-6-23-20(10-17)15-27(8-9-29-23)13-18-3-5-21-22(11-18)25-30-24-21/h3-6,10-11,19,28H,1-2,7-9,12-16H2. The van der Waals surface area contributed by atoms with Gasteiger partial charge in [-0.1, -0.05) is 12.1 Å². The number of benzene rings is 2. The molecule has 3 aromatic rings. The maximum absolute atomic E-state index is 9.51. The predicted molar refractivity (Wildman–Crippen MR) is 119 cm³/mol. The van der Waals surface area contributed by atoms with E-state index >= 15 is 0 Å². The molecular formula is C23H28N4O2S. The second kappa shape index (κ2) is 8.98. The molecule has 1 atom stereocenters. The van der Waals surface area contributed by atoms with Gasteiger partial charge in [0.1, 0.15) is 23.4 Å². The molecule has 30 heavy (non-hydrogen) atoms. The number of nitrogens with zero attached hydrogens (tertiary/aromatic N) is 4. The van der Waals surface area contributed by atoms with Crippen LogP contribution in [-0.2, 0) is 19.6 Å². The Morgan fingerprint density at radius 1 is 1.00 bits per heavy atom. The Balaban J connectivity index is 1.28. The van der Waals surface area contributed by atoms with Gasteiger partial charge in [-0.05, 0) is 60.7 Å². The molecule has 0 aliphatic carbocycles. The van der Waals surface area contributed by atoms with E-state index < -0.39 is 0 Å². The Kier molecular flexibility index (Phi) is 5.95. The largest absolute Gasteiger partial charge is 0.492 e. The van der Waals surface area contributed by atoms with Crippen molar-refractivity contribution in [2.24, 2.45) is 5.92 Å². The fourth-order valence-electron chi connectivity index (χ4n) is 4.62. The highest BCUT2D eigenvalue weighted by molar-refractivity contribution is 7.00. The molecule has 2 aliphatic rings. The number of hydrogen-bond acceptors (Lipinski definition) is 7. The van der Waals surface area contributed by atoms with E-state index in [-0.39, 0.29) is 0 Å². The third-order valence-corrected chi connectivity index (χ3v) is 6.73. The van der Waals surface area contributed by atoms with Gasteiger partial charge in [-0.2, -0.15) is 8.75 Å². The van der Waals surface area contributed by atoms with Crippen molar-refractivity contribution in [3.8, 4) is 5.75 Å². The first kappa shape index (κ1) is 19.9. The normalized spacial score (nSPS) is 20.6. The highest BCUT2D eigenvalue weighted by Gasteiger charge is 2.21. The zero-order valence-corrected chi connectivity index (χ0v) is 18.0. The molecule has 0 radical (unpaired) electrons. The van der Waals surface area contributed by atoms with Gasteiger partial charge >= 0.3 is 0 Å². The van der Waals surface area contributed by atoms with E-state index in [0.717, 1.165) is 62.5 Å². The van der Waals surface area contributed by atoms with Crippen molar-refractivity contribution in [3.63, 3.8) is 0 Å². The van der Waals surface area contributed by atoms with E-state index in [1.165, 1.54) is 34.8 Å². The summed E-state index contributed by atoms with van der Waals surface area (Å²) in [5.74, 6) is 1.43. The summed E-state index contributed by atoms with van der Waals surface area (Å²) in [4.78, 5) is 4.91.